The highest BCUT2D eigenvalue weighted by Gasteiger charge is 2.25. The van der Waals surface area contributed by atoms with Crippen molar-refractivity contribution in [3.8, 4) is 0 Å². The third kappa shape index (κ3) is 2.89. The fourth-order valence-electron chi connectivity index (χ4n) is 3.43. The van der Waals surface area contributed by atoms with Crippen LogP contribution >= 0.6 is 11.3 Å². The first-order chi connectivity index (χ1) is 12.6. The molecule has 2 N–H and O–H groups in total. The summed E-state index contributed by atoms with van der Waals surface area (Å²) in [5.74, 6) is -0.698. The molecule has 1 aliphatic heterocycles. The number of carbonyl (C=O) groups is 2. The van der Waals surface area contributed by atoms with E-state index in [2.05, 4.69) is 30.5 Å². The van der Waals surface area contributed by atoms with Crippen molar-refractivity contribution in [2.24, 2.45) is 0 Å². The summed E-state index contributed by atoms with van der Waals surface area (Å²) < 4.78 is 3.01. The van der Waals surface area contributed by atoms with Gasteiger partial charge in [0, 0.05) is 30.5 Å². The highest BCUT2D eigenvalue weighted by Crippen LogP contribution is 2.29. The third-order valence-electron chi connectivity index (χ3n) is 4.76. The van der Waals surface area contributed by atoms with E-state index >= 15 is 0 Å². The molecule has 134 valence electrons. The van der Waals surface area contributed by atoms with Crippen LogP contribution < -0.4 is 5.48 Å². The first kappa shape index (κ1) is 16.8. The van der Waals surface area contributed by atoms with E-state index in [4.69, 9.17) is 5.21 Å². The van der Waals surface area contributed by atoms with Crippen LogP contribution in [0.1, 0.15) is 38.4 Å². The summed E-state index contributed by atoms with van der Waals surface area (Å²) in [5.41, 5.74) is 4.74. The van der Waals surface area contributed by atoms with E-state index in [0.717, 1.165) is 12.0 Å². The lowest BCUT2D eigenvalue weighted by Crippen LogP contribution is -2.30. The zero-order valence-corrected chi connectivity index (χ0v) is 15.2. The molecule has 0 unspecified atom stereocenters. The fourth-order valence-corrected chi connectivity index (χ4v) is 4.37. The van der Waals surface area contributed by atoms with Crippen molar-refractivity contribution in [3.05, 3.63) is 58.2 Å². The van der Waals surface area contributed by atoms with Gasteiger partial charge < -0.3 is 9.47 Å². The number of nitrogens with zero attached hydrogens (tertiary/aromatic N) is 2. The number of rotatable bonds is 3. The first-order valence-corrected chi connectivity index (χ1v) is 9.35. The average molecular weight is 369 g/mol. The van der Waals surface area contributed by atoms with Crippen molar-refractivity contribution in [2.75, 3.05) is 6.54 Å². The van der Waals surface area contributed by atoms with Gasteiger partial charge in [0.1, 0.15) is 5.69 Å². The van der Waals surface area contributed by atoms with Gasteiger partial charge in [-0.3, -0.25) is 14.8 Å². The van der Waals surface area contributed by atoms with Crippen LogP contribution in [0.25, 0.3) is 10.1 Å². The molecule has 0 aliphatic carbocycles. The van der Waals surface area contributed by atoms with Gasteiger partial charge in [0.25, 0.3) is 11.8 Å². The molecule has 1 aliphatic rings. The number of hydroxylamine groups is 1. The summed E-state index contributed by atoms with van der Waals surface area (Å²) in [6.07, 6.45) is 2.43. The maximum atomic E-state index is 13.0. The van der Waals surface area contributed by atoms with Crippen molar-refractivity contribution in [1.82, 2.24) is 14.9 Å². The average Bonchev–Trinajstić information content (AvgIpc) is 3.20. The molecule has 2 aromatic heterocycles. The Kier molecular flexibility index (Phi) is 4.26. The number of hydrogen-bond donors (Lipinski definition) is 2. The van der Waals surface area contributed by atoms with Gasteiger partial charge in [-0.05, 0) is 41.8 Å². The van der Waals surface area contributed by atoms with Crippen LogP contribution in [-0.4, -0.2) is 33.0 Å². The predicted octanol–water partition coefficient (Wildman–Crippen LogP) is 3.18. The number of benzene rings is 1. The van der Waals surface area contributed by atoms with Crippen molar-refractivity contribution in [2.45, 2.75) is 26.4 Å². The molecule has 3 aromatic rings. The minimum Gasteiger partial charge on any atom is -0.343 e. The van der Waals surface area contributed by atoms with Crippen molar-refractivity contribution < 1.29 is 14.8 Å². The fraction of sp³-hybridized carbons (Fsp3) is 0.263. The Labute approximate surface area is 154 Å². The van der Waals surface area contributed by atoms with E-state index in [1.54, 1.807) is 33.6 Å². The topological polar surface area (TPSA) is 74.6 Å². The molecular formula is C19H19N3O3S. The molecule has 26 heavy (non-hydrogen) atoms. The number of thiophene rings is 1. The van der Waals surface area contributed by atoms with Crippen LogP contribution in [0.15, 0.2) is 35.8 Å². The van der Waals surface area contributed by atoms with Gasteiger partial charge in [0.05, 0.1) is 5.56 Å². The quantitative estimate of drug-likeness (QED) is 0.550. The van der Waals surface area contributed by atoms with Gasteiger partial charge in [-0.1, -0.05) is 17.7 Å². The second-order valence-electron chi connectivity index (χ2n) is 6.59. The molecule has 0 bridgehead atoms. The highest BCUT2D eigenvalue weighted by atomic mass is 32.1. The molecule has 3 heterocycles. The minimum absolute atomic E-state index is 0.0912. The van der Waals surface area contributed by atoms with E-state index < -0.39 is 5.91 Å². The standard InChI is InChI=1S/C19H19N3O3S/c1-12-3-4-17-15(7-12)14(11-26-17)10-22-6-2-5-21-9-13(18(23)20-25)8-16(21)19(22)24/h3-4,7-9,11,25H,2,5-6,10H2,1H3,(H,20,23). The van der Waals surface area contributed by atoms with E-state index in [0.29, 0.717) is 25.3 Å². The normalized spacial score (nSPS) is 14.4. The largest absolute Gasteiger partial charge is 0.343 e. The summed E-state index contributed by atoms with van der Waals surface area (Å²) >= 11 is 1.69. The van der Waals surface area contributed by atoms with Gasteiger partial charge in [0.15, 0.2) is 0 Å². The van der Waals surface area contributed by atoms with Crippen LogP contribution in [0.5, 0.6) is 0 Å². The van der Waals surface area contributed by atoms with Crippen molar-refractivity contribution >= 4 is 33.2 Å². The monoisotopic (exact) mass is 369 g/mol. The molecule has 1 aromatic carbocycles. The van der Waals surface area contributed by atoms with Gasteiger partial charge in [-0.25, -0.2) is 5.48 Å². The molecule has 7 heteroatoms. The Hall–Kier alpha value is -2.64. The van der Waals surface area contributed by atoms with Crippen molar-refractivity contribution in [1.29, 1.82) is 0 Å². The number of aryl methyl sites for hydroxylation is 2. The van der Waals surface area contributed by atoms with E-state index in [1.165, 1.54) is 15.6 Å². The summed E-state index contributed by atoms with van der Waals surface area (Å²) in [7, 11) is 0. The lowest BCUT2D eigenvalue weighted by atomic mass is 10.1. The molecule has 0 fully saturated rings. The number of hydrogen-bond acceptors (Lipinski definition) is 4. The Morgan fingerprint density at radius 2 is 2.15 bits per heavy atom. The predicted molar refractivity (Wildman–Crippen MR) is 99.6 cm³/mol. The SMILES string of the molecule is Cc1ccc2scc(CN3CCCn4cc(C(=O)NO)cc4C3=O)c2c1. The highest BCUT2D eigenvalue weighted by molar-refractivity contribution is 7.17. The molecule has 2 amide bonds. The number of fused-ring (bicyclic) bond motifs is 2. The molecule has 0 saturated carbocycles. The van der Waals surface area contributed by atoms with Crippen LogP contribution in [0.4, 0.5) is 0 Å². The minimum atomic E-state index is -0.607. The molecule has 0 saturated heterocycles. The van der Waals surface area contributed by atoms with Crippen LogP contribution in [0, 0.1) is 6.92 Å². The first-order valence-electron chi connectivity index (χ1n) is 8.47. The number of amides is 2. The summed E-state index contributed by atoms with van der Waals surface area (Å²) in [4.78, 5) is 26.5. The zero-order valence-electron chi connectivity index (χ0n) is 14.4. The summed E-state index contributed by atoms with van der Waals surface area (Å²) in [5, 5.41) is 12.1. The Morgan fingerprint density at radius 1 is 1.31 bits per heavy atom. The van der Waals surface area contributed by atoms with E-state index in [9.17, 15) is 9.59 Å². The maximum absolute atomic E-state index is 13.0. The van der Waals surface area contributed by atoms with E-state index in [1.807, 2.05) is 4.90 Å². The molecule has 6 nitrogen and oxygen atoms in total. The van der Waals surface area contributed by atoms with Crippen LogP contribution in [0.3, 0.4) is 0 Å². The number of carbonyl (C=O) groups excluding carboxylic acids is 2. The van der Waals surface area contributed by atoms with Crippen molar-refractivity contribution in [3.63, 3.8) is 0 Å². The summed E-state index contributed by atoms with van der Waals surface area (Å²) in [6.45, 7) is 3.96. The second-order valence-corrected chi connectivity index (χ2v) is 7.50. The molecule has 0 atom stereocenters. The second kappa shape index (κ2) is 6.59. The lowest BCUT2D eigenvalue weighted by molar-refractivity contribution is 0.0706. The third-order valence-corrected chi connectivity index (χ3v) is 5.78. The number of aromatic nitrogens is 1. The van der Waals surface area contributed by atoms with Gasteiger partial charge in [0.2, 0.25) is 0 Å². The van der Waals surface area contributed by atoms with Gasteiger partial charge >= 0.3 is 0 Å². The lowest BCUT2D eigenvalue weighted by Gasteiger charge is -2.20. The Balaban J connectivity index is 1.64. The zero-order chi connectivity index (χ0) is 18.3. The van der Waals surface area contributed by atoms with Crippen LogP contribution in [0.2, 0.25) is 0 Å². The molecule has 4 rings (SSSR count). The van der Waals surface area contributed by atoms with Crippen LogP contribution in [-0.2, 0) is 13.1 Å². The van der Waals surface area contributed by atoms with E-state index in [-0.39, 0.29) is 11.5 Å². The smallest absolute Gasteiger partial charge is 0.276 e. The number of nitrogens with one attached hydrogen (secondary N) is 1. The van der Waals surface area contributed by atoms with Gasteiger partial charge in [-0.15, -0.1) is 11.3 Å². The van der Waals surface area contributed by atoms with Gasteiger partial charge in [-0.2, -0.15) is 0 Å². The summed E-state index contributed by atoms with van der Waals surface area (Å²) in [6, 6.07) is 7.92. The molecule has 0 radical (unpaired) electrons. The maximum Gasteiger partial charge on any atom is 0.276 e. The Bertz CT molecular complexity index is 1000. The molecular weight excluding hydrogens is 350 g/mol. The molecule has 0 spiro atoms. The Morgan fingerprint density at radius 3 is 2.96 bits per heavy atom.